The van der Waals surface area contributed by atoms with E-state index in [1.54, 1.807) is 12.1 Å². The van der Waals surface area contributed by atoms with Crippen LogP contribution in [0.5, 0.6) is 0 Å². The van der Waals surface area contributed by atoms with E-state index in [1.165, 1.54) is 28.3 Å². The lowest BCUT2D eigenvalue weighted by atomic mass is 9.97. The van der Waals surface area contributed by atoms with E-state index in [-0.39, 0.29) is 5.82 Å². The lowest BCUT2D eigenvalue weighted by Gasteiger charge is -2.31. The van der Waals surface area contributed by atoms with Gasteiger partial charge in [0.25, 0.3) is 0 Å². The topological polar surface area (TPSA) is 60.9 Å². The predicted octanol–water partition coefficient (Wildman–Crippen LogP) is 3.36. The van der Waals surface area contributed by atoms with Crippen LogP contribution in [0.4, 0.5) is 10.1 Å². The summed E-state index contributed by atoms with van der Waals surface area (Å²) in [6, 6.07) is 12.2. The van der Waals surface area contributed by atoms with Crippen LogP contribution in [0.25, 0.3) is 5.57 Å². The summed E-state index contributed by atoms with van der Waals surface area (Å²) in [5, 5.41) is 10.8. The van der Waals surface area contributed by atoms with E-state index < -0.39 is 16.1 Å². The first-order valence-corrected chi connectivity index (χ1v) is 12.1. The normalized spacial score (nSPS) is 18.6. The number of β-amino-alcohol motifs (C(OH)–C–C–N with tert-alkyl or cyclic N) is 1. The van der Waals surface area contributed by atoms with Crippen LogP contribution in [-0.4, -0.2) is 50.9 Å². The molecule has 1 N–H and O–H groups in total. The van der Waals surface area contributed by atoms with Crippen molar-refractivity contribution in [3.63, 3.8) is 0 Å². The number of aliphatic hydroxyl groups is 1. The molecule has 7 heteroatoms. The third kappa shape index (κ3) is 4.58. The fraction of sp³-hybridized carbons (Fsp3) is 0.391. The number of halogens is 1. The molecule has 4 rings (SSSR count). The van der Waals surface area contributed by atoms with E-state index in [1.807, 2.05) is 18.2 Å². The van der Waals surface area contributed by atoms with Gasteiger partial charge in [-0.3, -0.25) is 9.21 Å². The highest BCUT2D eigenvalue weighted by atomic mass is 32.2. The van der Waals surface area contributed by atoms with Crippen molar-refractivity contribution in [2.75, 3.05) is 36.7 Å². The van der Waals surface area contributed by atoms with Crippen molar-refractivity contribution in [2.24, 2.45) is 0 Å². The number of hydrogen-bond donors (Lipinski definition) is 1. The molecule has 0 amide bonds. The molecular weight excluding hydrogens is 403 g/mol. The van der Waals surface area contributed by atoms with E-state index in [0.717, 1.165) is 54.7 Å². The zero-order chi connectivity index (χ0) is 21.3. The van der Waals surface area contributed by atoms with Crippen LogP contribution in [-0.2, 0) is 16.4 Å². The molecule has 0 radical (unpaired) electrons. The van der Waals surface area contributed by atoms with Gasteiger partial charge in [-0.25, -0.2) is 12.8 Å². The van der Waals surface area contributed by atoms with Gasteiger partial charge < -0.3 is 5.11 Å². The summed E-state index contributed by atoms with van der Waals surface area (Å²) in [5.74, 6) is -0.232. The van der Waals surface area contributed by atoms with Crippen LogP contribution in [0.3, 0.4) is 0 Å². The van der Waals surface area contributed by atoms with E-state index >= 15 is 0 Å². The summed E-state index contributed by atoms with van der Waals surface area (Å²) in [6.07, 6.45) is 5.18. The number of fused-ring (bicyclic) bond motifs is 1. The predicted molar refractivity (Wildman–Crippen MR) is 117 cm³/mol. The summed E-state index contributed by atoms with van der Waals surface area (Å²) >= 11 is 0. The van der Waals surface area contributed by atoms with Crippen LogP contribution in [0.15, 0.2) is 48.5 Å². The molecule has 0 unspecified atom stereocenters. The van der Waals surface area contributed by atoms with Crippen LogP contribution in [0.2, 0.25) is 0 Å². The zero-order valence-electron chi connectivity index (χ0n) is 17.1. The number of hydrogen-bond acceptors (Lipinski definition) is 4. The molecular formula is C23H27FN2O3S. The molecule has 0 spiro atoms. The minimum absolute atomic E-state index is 0.232. The maximum atomic E-state index is 13.1. The summed E-state index contributed by atoms with van der Waals surface area (Å²) in [4.78, 5) is 2.19. The highest BCUT2D eigenvalue weighted by Gasteiger charge is 2.25. The number of rotatable bonds is 5. The Bertz CT molecular complexity index is 1050. The van der Waals surface area contributed by atoms with Gasteiger partial charge >= 0.3 is 0 Å². The molecule has 0 bridgehead atoms. The molecule has 0 saturated heterocycles. The van der Waals surface area contributed by atoms with Crippen molar-refractivity contribution in [2.45, 2.75) is 25.4 Å². The van der Waals surface area contributed by atoms with Gasteiger partial charge in [-0.2, -0.15) is 0 Å². The third-order valence-corrected chi connectivity index (χ3v) is 7.08. The largest absolute Gasteiger partial charge is 0.387 e. The Balaban J connectivity index is 1.42. The number of benzene rings is 2. The van der Waals surface area contributed by atoms with E-state index in [0.29, 0.717) is 13.1 Å². The Morgan fingerprint density at radius 2 is 1.87 bits per heavy atom. The first kappa shape index (κ1) is 21.0. The van der Waals surface area contributed by atoms with Crippen LogP contribution >= 0.6 is 0 Å². The van der Waals surface area contributed by atoms with E-state index in [9.17, 15) is 17.9 Å². The van der Waals surface area contributed by atoms with Crippen molar-refractivity contribution >= 4 is 21.3 Å². The second-order valence-corrected chi connectivity index (χ2v) is 10.00. The molecule has 5 nitrogen and oxygen atoms in total. The SMILES string of the molecule is CS(=O)(=O)N1CCCc2cc([C@@H](O)CN3CC=C(c4ccc(F)cc4)CC3)ccc21. The first-order chi connectivity index (χ1) is 14.3. The van der Waals surface area contributed by atoms with Gasteiger partial charge in [0, 0.05) is 26.2 Å². The maximum absolute atomic E-state index is 13.1. The number of aryl methyl sites for hydroxylation is 1. The van der Waals surface area contributed by atoms with Gasteiger partial charge in [0.15, 0.2) is 0 Å². The first-order valence-electron chi connectivity index (χ1n) is 10.3. The lowest BCUT2D eigenvalue weighted by molar-refractivity contribution is 0.119. The summed E-state index contributed by atoms with van der Waals surface area (Å²) in [5.41, 5.74) is 4.76. The Hall–Kier alpha value is -2.22. The van der Waals surface area contributed by atoms with Gasteiger partial charge in [0.1, 0.15) is 5.82 Å². The Kier molecular flexibility index (Phi) is 5.95. The molecule has 0 aromatic heterocycles. The monoisotopic (exact) mass is 430 g/mol. The number of aliphatic hydroxyl groups excluding tert-OH is 1. The fourth-order valence-corrected chi connectivity index (χ4v) is 5.28. The molecule has 2 aliphatic rings. The minimum Gasteiger partial charge on any atom is -0.387 e. The molecule has 2 aliphatic heterocycles. The van der Waals surface area contributed by atoms with Gasteiger partial charge in [-0.15, -0.1) is 0 Å². The van der Waals surface area contributed by atoms with Gasteiger partial charge in [-0.1, -0.05) is 30.3 Å². The molecule has 30 heavy (non-hydrogen) atoms. The van der Waals surface area contributed by atoms with Crippen molar-refractivity contribution in [3.8, 4) is 0 Å². The van der Waals surface area contributed by atoms with E-state index in [4.69, 9.17) is 0 Å². The molecule has 0 aliphatic carbocycles. The van der Waals surface area contributed by atoms with Crippen LogP contribution < -0.4 is 4.31 Å². The smallest absolute Gasteiger partial charge is 0.232 e. The van der Waals surface area contributed by atoms with E-state index in [2.05, 4.69) is 11.0 Å². The van der Waals surface area contributed by atoms with Crippen molar-refractivity contribution < 1.29 is 17.9 Å². The summed E-state index contributed by atoms with van der Waals surface area (Å²) in [6.45, 7) is 2.58. The molecule has 1 atom stereocenters. The van der Waals surface area contributed by atoms with Crippen LogP contribution in [0, 0.1) is 5.82 Å². The van der Waals surface area contributed by atoms with Crippen LogP contribution in [0.1, 0.15) is 35.6 Å². The number of nitrogens with zero attached hydrogens (tertiary/aromatic N) is 2. The quantitative estimate of drug-likeness (QED) is 0.790. The molecule has 2 aromatic carbocycles. The van der Waals surface area contributed by atoms with Crippen molar-refractivity contribution in [1.82, 2.24) is 4.90 Å². The molecule has 2 aromatic rings. The maximum Gasteiger partial charge on any atom is 0.232 e. The Morgan fingerprint density at radius 3 is 2.53 bits per heavy atom. The molecule has 0 fully saturated rings. The average Bonchev–Trinajstić information content (AvgIpc) is 2.73. The fourth-order valence-electron chi connectivity index (χ4n) is 4.29. The molecule has 2 heterocycles. The van der Waals surface area contributed by atoms with Gasteiger partial charge in [-0.05, 0) is 59.7 Å². The second-order valence-electron chi connectivity index (χ2n) is 8.09. The molecule has 0 saturated carbocycles. The van der Waals surface area contributed by atoms with Crippen molar-refractivity contribution in [1.29, 1.82) is 0 Å². The third-order valence-electron chi connectivity index (χ3n) is 5.90. The van der Waals surface area contributed by atoms with Gasteiger partial charge in [0.2, 0.25) is 10.0 Å². The summed E-state index contributed by atoms with van der Waals surface area (Å²) in [7, 11) is -3.29. The zero-order valence-corrected chi connectivity index (χ0v) is 17.9. The van der Waals surface area contributed by atoms with Gasteiger partial charge in [0.05, 0.1) is 18.0 Å². The average molecular weight is 431 g/mol. The standard InChI is InChI=1S/C23H27FN2O3S/c1-30(28,29)26-12-2-3-19-15-20(6-9-22(19)26)23(27)16-25-13-10-18(11-14-25)17-4-7-21(24)8-5-17/h4-10,15,23,27H,2-3,11-14,16H2,1H3/t23-/m0/s1. The second kappa shape index (κ2) is 8.49. The number of anilines is 1. The van der Waals surface area contributed by atoms with Crippen molar-refractivity contribution in [3.05, 3.63) is 71.0 Å². The number of sulfonamides is 1. The summed E-state index contributed by atoms with van der Waals surface area (Å²) < 4.78 is 38.6. The Labute approximate surface area is 177 Å². The highest BCUT2D eigenvalue weighted by molar-refractivity contribution is 7.92. The molecule has 160 valence electrons. The lowest BCUT2D eigenvalue weighted by Crippen LogP contribution is -2.35. The Morgan fingerprint density at radius 1 is 1.10 bits per heavy atom. The minimum atomic E-state index is -3.29. The highest BCUT2D eigenvalue weighted by Crippen LogP contribution is 2.32.